The molecule has 0 spiro atoms. The summed E-state index contributed by atoms with van der Waals surface area (Å²) in [5.41, 5.74) is 2.21. The van der Waals surface area contributed by atoms with Crippen LogP contribution in [-0.2, 0) is 11.2 Å². The monoisotopic (exact) mass is 319 g/mol. The van der Waals surface area contributed by atoms with E-state index in [0.29, 0.717) is 24.4 Å². The number of fused-ring (bicyclic) bond motifs is 2. The lowest BCUT2D eigenvalue weighted by molar-refractivity contribution is 0.156. The van der Waals surface area contributed by atoms with Crippen LogP contribution in [0.5, 0.6) is 0 Å². The van der Waals surface area contributed by atoms with Gasteiger partial charge in [0.15, 0.2) is 0 Å². The minimum Gasteiger partial charge on any atom is -0.381 e. The van der Waals surface area contributed by atoms with Gasteiger partial charge in [-0.2, -0.15) is 0 Å². The van der Waals surface area contributed by atoms with E-state index in [4.69, 9.17) is 16.3 Å². The molecule has 0 bridgehead atoms. The van der Waals surface area contributed by atoms with E-state index in [1.54, 1.807) is 0 Å². The lowest BCUT2D eigenvalue weighted by Crippen LogP contribution is -2.39. The number of benzene rings is 1. The highest BCUT2D eigenvalue weighted by atomic mass is 35.5. The number of rotatable bonds is 4. The average molecular weight is 320 g/mol. The number of halogens is 1. The van der Waals surface area contributed by atoms with Crippen LogP contribution in [0.25, 0.3) is 10.9 Å². The summed E-state index contributed by atoms with van der Waals surface area (Å²) < 4.78 is 5.31. The standard InChI is InChI=1S/C16H18ClN3O2/c17-10-1-2-11-9(6-19-14(11)5-10)3-4-18-16(21)20-15-12-7-22-8-13(12)15/h1-2,5-6,12-13,15,19H,3-4,7-8H2,(H2,18,20,21)/t12-,13+,15?. The van der Waals surface area contributed by atoms with Gasteiger partial charge in [0.05, 0.1) is 13.2 Å². The Hall–Kier alpha value is -1.72. The zero-order valence-electron chi connectivity index (χ0n) is 12.1. The van der Waals surface area contributed by atoms with Gasteiger partial charge in [0.1, 0.15) is 0 Å². The van der Waals surface area contributed by atoms with Crippen LogP contribution in [0, 0.1) is 11.8 Å². The van der Waals surface area contributed by atoms with E-state index < -0.39 is 0 Å². The van der Waals surface area contributed by atoms with Crippen LogP contribution in [0.4, 0.5) is 4.79 Å². The normalized spacial score (nSPS) is 26.0. The number of hydrogen-bond donors (Lipinski definition) is 3. The molecule has 2 amide bonds. The molecule has 1 aromatic heterocycles. The third-order valence-electron chi connectivity index (χ3n) is 4.66. The minimum absolute atomic E-state index is 0.0812. The maximum absolute atomic E-state index is 11.9. The molecule has 2 aliphatic rings. The third-order valence-corrected chi connectivity index (χ3v) is 4.89. The van der Waals surface area contributed by atoms with Crippen LogP contribution in [0.1, 0.15) is 5.56 Å². The molecule has 2 heterocycles. The predicted octanol–water partition coefficient (Wildman–Crippen LogP) is 2.31. The second-order valence-electron chi connectivity index (χ2n) is 6.05. The number of hydrogen-bond acceptors (Lipinski definition) is 2. The molecule has 3 N–H and O–H groups in total. The van der Waals surface area contributed by atoms with E-state index in [-0.39, 0.29) is 6.03 Å². The van der Waals surface area contributed by atoms with Gasteiger partial charge in [-0.25, -0.2) is 4.79 Å². The summed E-state index contributed by atoms with van der Waals surface area (Å²) in [6.45, 7) is 2.18. The maximum Gasteiger partial charge on any atom is 0.315 e. The number of aromatic nitrogens is 1. The number of aromatic amines is 1. The van der Waals surface area contributed by atoms with Crippen molar-refractivity contribution in [3.05, 3.63) is 35.0 Å². The van der Waals surface area contributed by atoms with Gasteiger partial charge in [-0.05, 0) is 24.1 Å². The summed E-state index contributed by atoms with van der Waals surface area (Å²) >= 11 is 5.97. The molecule has 3 atom stereocenters. The number of urea groups is 1. The van der Waals surface area contributed by atoms with Crippen LogP contribution in [0.2, 0.25) is 5.02 Å². The van der Waals surface area contributed by atoms with Crippen molar-refractivity contribution in [1.82, 2.24) is 15.6 Å². The molecule has 1 aromatic carbocycles. The molecule has 1 aliphatic carbocycles. The minimum atomic E-state index is -0.0812. The molecule has 2 aromatic rings. The van der Waals surface area contributed by atoms with Gasteiger partial charge in [-0.3, -0.25) is 0 Å². The van der Waals surface area contributed by atoms with Crippen LogP contribution in [0.15, 0.2) is 24.4 Å². The Kier molecular flexibility index (Phi) is 3.47. The van der Waals surface area contributed by atoms with E-state index in [1.165, 1.54) is 5.56 Å². The van der Waals surface area contributed by atoms with Crippen molar-refractivity contribution in [2.45, 2.75) is 12.5 Å². The molecular formula is C16H18ClN3O2. The summed E-state index contributed by atoms with van der Waals surface area (Å²) in [6.07, 6.45) is 2.76. The first-order valence-electron chi connectivity index (χ1n) is 7.60. The summed E-state index contributed by atoms with van der Waals surface area (Å²) in [5, 5.41) is 7.83. The number of carbonyl (C=O) groups is 1. The van der Waals surface area contributed by atoms with Gasteiger partial charge >= 0.3 is 6.03 Å². The summed E-state index contributed by atoms with van der Waals surface area (Å²) in [7, 11) is 0. The molecule has 116 valence electrons. The van der Waals surface area contributed by atoms with Crippen molar-refractivity contribution in [2.75, 3.05) is 19.8 Å². The quantitative estimate of drug-likeness (QED) is 0.809. The lowest BCUT2D eigenvalue weighted by atomic mass is 10.1. The van der Waals surface area contributed by atoms with E-state index in [0.717, 1.165) is 35.6 Å². The number of carbonyl (C=O) groups excluding carboxylic acids is 1. The van der Waals surface area contributed by atoms with Crippen LogP contribution in [-0.4, -0.2) is 36.8 Å². The van der Waals surface area contributed by atoms with E-state index in [9.17, 15) is 4.79 Å². The van der Waals surface area contributed by atoms with Crippen LogP contribution >= 0.6 is 11.6 Å². The van der Waals surface area contributed by atoms with Crippen LogP contribution in [0.3, 0.4) is 0 Å². The van der Waals surface area contributed by atoms with Crippen molar-refractivity contribution < 1.29 is 9.53 Å². The third kappa shape index (κ3) is 2.55. The number of ether oxygens (including phenoxy) is 1. The molecule has 1 unspecified atom stereocenters. The maximum atomic E-state index is 11.9. The molecule has 5 nitrogen and oxygen atoms in total. The van der Waals surface area contributed by atoms with Crippen molar-refractivity contribution in [2.24, 2.45) is 11.8 Å². The number of nitrogens with one attached hydrogen (secondary N) is 3. The molecule has 1 saturated carbocycles. The Morgan fingerprint density at radius 3 is 3.00 bits per heavy atom. The molecule has 0 radical (unpaired) electrons. The fraction of sp³-hybridized carbons (Fsp3) is 0.438. The second-order valence-corrected chi connectivity index (χ2v) is 6.48. The topological polar surface area (TPSA) is 66.2 Å². The zero-order chi connectivity index (χ0) is 15.1. The number of H-pyrrole nitrogens is 1. The van der Waals surface area contributed by atoms with Gasteiger partial charge in [-0.1, -0.05) is 17.7 Å². The first kappa shape index (κ1) is 13.9. The molecular weight excluding hydrogens is 302 g/mol. The van der Waals surface area contributed by atoms with Gasteiger partial charge < -0.3 is 20.4 Å². The van der Waals surface area contributed by atoms with Gasteiger partial charge in [-0.15, -0.1) is 0 Å². The van der Waals surface area contributed by atoms with Gasteiger partial charge in [0.25, 0.3) is 0 Å². The largest absolute Gasteiger partial charge is 0.381 e. The summed E-state index contributed by atoms with van der Waals surface area (Å²) in [5.74, 6) is 1.06. The van der Waals surface area contributed by atoms with Crippen LogP contribution < -0.4 is 10.6 Å². The lowest BCUT2D eigenvalue weighted by Gasteiger charge is -2.09. The first-order chi connectivity index (χ1) is 10.7. The molecule has 6 heteroatoms. The Labute approximate surface area is 133 Å². The first-order valence-corrected chi connectivity index (χ1v) is 7.98. The van der Waals surface area contributed by atoms with E-state index in [1.807, 2.05) is 24.4 Å². The summed E-state index contributed by atoms with van der Waals surface area (Å²) in [4.78, 5) is 15.1. The Balaban J connectivity index is 1.28. The van der Waals surface area contributed by atoms with E-state index in [2.05, 4.69) is 15.6 Å². The smallest absolute Gasteiger partial charge is 0.315 e. The van der Waals surface area contributed by atoms with Crippen molar-refractivity contribution in [1.29, 1.82) is 0 Å². The predicted molar refractivity (Wildman–Crippen MR) is 85.1 cm³/mol. The molecule has 22 heavy (non-hydrogen) atoms. The fourth-order valence-electron chi connectivity index (χ4n) is 3.33. The fourth-order valence-corrected chi connectivity index (χ4v) is 3.50. The molecule has 1 aliphatic heterocycles. The van der Waals surface area contributed by atoms with Gasteiger partial charge in [0, 0.05) is 46.5 Å². The summed E-state index contributed by atoms with van der Waals surface area (Å²) in [6, 6.07) is 6.03. The SMILES string of the molecule is O=C(NCCc1c[nH]c2cc(Cl)ccc12)NC1[C@H]2COC[C@@H]12. The van der Waals surface area contributed by atoms with Crippen molar-refractivity contribution in [3.8, 4) is 0 Å². The highest BCUT2D eigenvalue weighted by molar-refractivity contribution is 6.31. The van der Waals surface area contributed by atoms with Gasteiger partial charge in [0.2, 0.25) is 0 Å². The number of amides is 2. The second kappa shape index (κ2) is 5.48. The molecule has 4 rings (SSSR count). The zero-order valence-corrected chi connectivity index (χ0v) is 12.8. The highest BCUT2D eigenvalue weighted by Crippen LogP contribution is 2.43. The Morgan fingerprint density at radius 2 is 2.18 bits per heavy atom. The van der Waals surface area contributed by atoms with E-state index >= 15 is 0 Å². The highest BCUT2D eigenvalue weighted by Gasteiger charge is 2.54. The Bertz CT molecular complexity index is 704. The van der Waals surface area contributed by atoms with Crippen molar-refractivity contribution in [3.63, 3.8) is 0 Å². The average Bonchev–Trinajstić information content (AvgIpc) is 2.89. The molecule has 1 saturated heterocycles. The van der Waals surface area contributed by atoms with Crippen molar-refractivity contribution >= 4 is 28.5 Å². The Morgan fingerprint density at radius 1 is 1.36 bits per heavy atom. The molecule has 2 fully saturated rings.